The third kappa shape index (κ3) is 7.06. The smallest absolute Gasteiger partial charge is 0.205 e. The van der Waals surface area contributed by atoms with Gasteiger partial charge in [0.15, 0.2) is 11.6 Å². The number of aromatic nitrogens is 1. The van der Waals surface area contributed by atoms with E-state index >= 15 is 4.39 Å². The fourth-order valence-corrected chi connectivity index (χ4v) is 5.86. The standard InChI is InChI=1S/C33H45FN4O4/c1-5-33(20-40-21-33)14-16-38(3)15-8-6-7-9-17-41-28-12-10-26-25(19-30(28)39-4)32(36-22-35-26)42-29-13-11-27-24(31(29)34)18-23(2)37-27/h10-11,13,18,22,25,37H,5-9,12,14-17,19-21H2,1-4H3. The molecule has 0 spiro atoms. The lowest BCUT2D eigenvalue weighted by Gasteiger charge is -2.41. The highest BCUT2D eigenvalue weighted by Gasteiger charge is 2.36. The zero-order chi connectivity index (χ0) is 29.5. The van der Waals surface area contributed by atoms with E-state index in [0.29, 0.717) is 36.1 Å². The summed E-state index contributed by atoms with van der Waals surface area (Å²) in [4.78, 5) is 14.5. The van der Waals surface area contributed by atoms with Gasteiger partial charge in [-0.2, -0.15) is 0 Å². The van der Waals surface area contributed by atoms with Crippen molar-refractivity contribution in [3.63, 3.8) is 0 Å². The first-order valence-electron chi connectivity index (χ1n) is 15.3. The molecule has 0 radical (unpaired) electrons. The van der Waals surface area contributed by atoms with E-state index in [9.17, 15) is 0 Å². The number of rotatable bonds is 14. The molecule has 8 nitrogen and oxygen atoms in total. The van der Waals surface area contributed by atoms with Crippen molar-refractivity contribution in [3.8, 4) is 5.75 Å². The van der Waals surface area contributed by atoms with Gasteiger partial charge in [-0.05, 0) is 70.9 Å². The first-order valence-corrected chi connectivity index (χ1v) is 15.3. The van der Waals surface area contributed by atoms with Gasteiger partial charge in [-0.3, -0.25) is 0 Å². The average Bonchev–Trinajstić information content (AvgIpc) is 3.25. The minimum absolute atomic E-state index is 0.141. The fraction of sp³-hybridized carbons (Fsp3) is 0.576. The molecule has 1 aromatic heterocycles. The Morgan fingerprint density at radius 3 is 2.74 bits per heavy atom. The van der Waals surface area contributed by atoms with Crippen LogP contribution in [0.1, 0.15) is 64.0 Å². The normalized spacial score (nSPS) is 19.7. The maximum atomic E-state index is 15.2. The highest BCUT2D eigenvalue weighted by molar-refractivity contribution is 5.93. The van der Waals surface area contributed by atoms with Crippen molar-refractivity contribution in [3.05, 3.63) is 53.0 Å². The largest absolute Gasteiger partial charge is 0.498 e. The Morgan fingerprint density at radius 2 is 1.98 bits per heavy atom. The number of aliphatic imine (C=N–C) groups is 2. The first kappa shape index (κ1) is 30.3. The van der Waals surface area contributed by atoms with Crippen LogP contribution in [0.5, 0.6) is 5.75 Å². The molecule has 0 bridgehead atoms. The summed E-state index contributed by atoms with van der Waals surface area (Å²) >= 11 is 0. The molecule has 42 heavy (non-hydrogen) atoms. The Morgan fingerprint density at radius 1 is 1.14 bits per heavy atom. The van der Waals surface area contributed by atoms with E-state index in [-0.39, 0.29) is 11.7 Å². The van der Waals surface area contributed by atoms with Crippen LogP contribution in [0.15, 0.2) is 51.5 Å². The summed E-state index contributed by atoms with van der Waals surface area (Å²) in [6.45, 7) is 8.95. The van der Waals surface area contributed by atoms with Crippen molar-refractivity contribution >= 4 is 23.1 Å². The molecule has 1 N–H and O–H groups in total. The molecule has 0 saturated carbocycles. The van der Waals surface area contributed by atoms with Gasteiger partial charge in [0, 0.05) is 34.9 Å². The van der Waals surface area contributed by atoms with Gasteiger partial charge in [-0.25, -0.2) is 14.4 Å². The lowest BCUT2D eigenvalue weighted by molar-refractivity contribution is -0.121. The zero-order valence-electron chi connectivity index (χ0n) is 25.5. The number of methoxy groups -OCH3 is 1. The van der Waals surface area contributed by atoms with Crippen LogP contribution in [0.2, 0.25) is 0 Å². The number of H-pyrrole nitrogens is 1. The maximum Gasteiger partial charge on any atom is 0.205 e. The minimum atomic E-state index is -0.409. The molecule has 1 saturated heterocycles. The van der Waals surface area contributed by atoms with Gasteiger partial charge >= 0.3 is 0 Å². The lowest BCUT2D eigenvalue weighted by atomic mass is 9.80. The summed E-state index contributed by atoms with van der Waals surface area (Å²) in [5, 5.41) is 0.497. The van der Waals surface area contributed by atoms with E-state index in [1.165, 1.54) is 32.0 Å². The van der Waals surface area contributed by atoms with Crippen molar-refractivity contribution < 1.29 is 23.3 Å². The van der Waals surface area contributed by atoms with Crippen LogP contribution in [0.3, 0.4) is 0 Å². The van der Waals surface area contributed by atoms with E-state index < -0.39 is 5.82 Å². The summed E-state index contributed by atoms with van der Waals surface area (Å²) < 4.78 is 38.7. The molecule has 1 fully saturated rings. The highest BCUT2D eigenvalue weighted by atomic mass is 19.1. The van der Waals surface area contributed by atoms with Crippen LogP contribution in [0, 0.1) is 24.1 Å². The molecule has 3 aliphatic rings. The summed E-state index contributed by atoms with van der Waals surface area (Å²) in [5.41, 5.74) is 2.88. The van der Waals surface area contributed by atoms with Gasteiger partial charge in [0.05, 0.1) is 38.5 Å². The van der Waals surface area contributed by atoms with E-state index in [2.05, 4.69) is 33.8 Å². The molecule has 5 rings (SSSR count). The van der Waals surface area contributed by atoms with Crippen molar-refractivity contribution in [2.45, 2.75) is 65.2 Å². The molecule has 2 aliphatic heterocycles. The van der Waals surface area contributed by atoms with Gasteiger partial charge in [0.2, 0.25) is 5.90 Å². The number of aryl methyl sites for hydroxylation is 1. The van der Waals surface area contributed by atoms with Crippen LogP contribution in [0.25, 0.3) is 10.9 Å². The molecule has 1 aliphatic carbocycles. The summed E-state index contributed by atoms with van der Waals surface area (Å²) in [7, 11) is 3.89. The highest BCUT2D eigenvalue weighted by Crippen LogP contribution is 2.36. The van der Waals surface area contributed by atoms with Gasteiger partial charge < -0.3 is 28.8 Å². The fourth-order valence-electron chi connectivity index (χ4n) is 5.86. The number of unbranched alkanes of at least 4 members (excludes halogenated alkanes) is 3. The Labute approximate surface area is 248 Å². The monoisotopic (exact) mass is 580 g/mol. The molecule has 2 aromatic rings. The number of nitrogens with zero attached hydrogens (tertiary/aromatic N) is 3. The Bertz CT molecular complexity index is 1350. The van der Waals surface area contributed by atoms with Gasteiger partial charge in [0.1, 0.15) is 17.9 Å². The number of hydrogen-bond donors (Lipinski definition) is 1. The second kappa shape index (κ2) is 13.9. The second-order valence-electron chi connectivity index (χ2n) is 11.9. The Balaban J connectivity index is 1.09. The molecule has 1 unspecified atom stereocenters. The van der Waals surface area contributed by atoms with Crippen molar-refractivity contribution in [1.29, 1.82) is 0 Å². The van der Waals surface area contributed by atoms with Crippen LogP contribution in [-0.2, 0) is 14.2 Å². The van der Waals surface area contributed by atoms with Gasteiger partial charge in [-0.1, -0.05) is 25.8 Å². The van der Waals surface area contributed by atoms with Crippen LogP contribution < -0.4 is 4.74 Å². The number of hydrogen-bond acceptors (Lipinski definition) is 7. The number of nitrogens with one attached hydrogen (secondary N) is 1. The van der Waals surface area contributed by atoms with Crippen LogP contribution in [0.4, 0.5) is 4.39 Å². The summed E-state index contributed by atoms with van der Waals surface area (Å²) in [6, 6.07) is 5.23. The predicted molar refractivity (Wildman–Crippen MR) is 164 cm³/mol. The number of benzene rings is 1. The number of aromatic amines is 1. The molecular formula is C33H45FN4O4. The third-order valence-electron chi connectivity index (χ3n) is 8.84. The van der Waals surface area contributed by atoms with Gasteiger partial charge in [0.25, 0.3) is 0 Å². The molecule has 1 atom stereocenters. The number of fused-ring (bicyclic) bond motifs is 2. The third-order valence-corrected chi connectivity index (χ3v) is 8.84. The number of allylic oxidation sites excluding steroid dienone is 2. The van der Waals surface area contributed by atoms with E-state index in [0.717, 1.165) is 67.6 Å². The quantitative estimate of drug-likeness (QED) is 0.246. The molecule has 228 valence electrons. The van der Waals surface area contributed by atoms with Crippen LogP contribution in [-0.4, -0.2) is 69.2 Å². The molecule has 3 heterocycles. The zero-order valence-corrected chi connectivity index (χ0v) is 25.5. The molecule has 0 amide bonds. The second-order valence-corrected chi connectivity index (χ2v) is 11.9. The number of halogens is 1. The summed E-state index contributed by atoms with van der Waals surface area (Å²) in [6.07, 6.45) is 11.5. The minimum Gasteiger partial charge on any atom is -0.498 e. The first-order chi connectivity index (χ1) is 20.4. The van der Waals surface area contributed by atoms with Crippen molar-refractivity contribution in [2.75, 3.05) is 47.1 Å². The van der Waals surface area contributed by atoms with Crippen LogP contribution >= 0.6 is 0 Å². The average molecular weight is 581 g/mol. The Hall–Kier alpha value is -3.17. The number of ether oxygens (including phenoxy) is 4. The molecule has 1 aromatic carbocycles. The molecule has 9 heteroatoms. The van der Waals surface area contributed by atoms with Gasteiger partial charge in [-0.15, -0.1) is 0 Å². The predicted octanol–water partition coefficient (Wildman–Crippen LogP) is 6.91. The maximum absolute atomic E-state index is 15.2. The van der Waals surface area contributed by atoms with Crippen molar-refractivity contribution in [2.24, 2.45) is 21.3 Å². The lowest BCUT2D eigenvalue weighted by Crippen LogP contribution is -2.44. The van der Waals surface area contributed by atoms with E-state index in [1.807, 2.05) is 19.1 Å². The molecular weight excluding hydrogens is 535 g/mol. The SMILES string of the molecule is CCC1(CCN(C)CCCCCCOC2=C(OC)CC3C(=CC2)N=CN=C3Oc2ccc3[nH]c(C)cc3c2F)COC1. The van der Waals surface area contributed by atoms with E-state index in [4.69, 9.17) is 18.9 Å². The van der Waals surface area contributed by atoms with E-state index in [1.54, 1.807) is 19.2 Å². The Kier molecular flexibility index (Phi) is 10.0. The topological polar surface area (TPSA) is 80.7 Å². The van der Waals surface area contributed by atoms with Crippen molar-refractivity contribution in [1.82, 2.24) is 9.88 Å². The summed E-state index contributed by atoms with van der Waals surface area (Å²) in [5.74, 6) is 1.41.